The summed E-state index contributed by atoms with van der Waals surface area (Å²) in [5.41, 5.74) is 0.143. The maximum absolute atomic E-state index is 11.9. The SMILES string of the molecule is C=CC(=O)N1CCC(C)(CCNC(=O)[C@H]2CCC(=O)N2)CC1. The van der Waals surface area contributed by atoms with Crippen LogP contribution in [0.2, 0.25) is 0 Å². The van der Waals surface area contributed by atoms with Gasteiger partial charge < -0.3 is 15.5 Å². The molecule has 2 saturated heterocycles. The Bertz CT molecular complexity index is 467. The van der Waals surface area contributed by atoms with Crippen LogP contribution in [0.1, 0.15) is 39.0 Å². The van der Waals surface area contributed by atoms with Crippen LogP contribution in [0.15, 0.2) is 12.7 Å². The smallest absolute Gasteiger partial charge is 0.245 e. The second-order valence-corrected chi connectivity index (χ2v) is 6.54. The highest BCUT2D eigenvalue weighted by molar-refractivity contribution is 5.90. The topological polar surface area (TPSA) is 78.5 Å². The van der Waals surface area contributed by atoms with E-state index in [2.05, 4.69) is 24.1 Å². The molecule has 0 unspecified atom stereocenters. The summed E-state index contributed by atoms with van der Waals surface area (Å²) in [5.74, 6) is -0.146. The summed E-state index contributed by atoms with van der Waals surface area (Å²) in [7, 11) is 0. The predicted molar refractivity (Wildman–Crippen MR) is 82.9 cm³/mol. The second-order valence-electron chi connectivity index (χ2n) is 6.54. The van der Waals surface area contributed by atoms with Gasteiger partial charge in [-0.2, -0.15) is 0 Å². The van der Waals surface area contributed by atoms with Crippen molar-refractivity contribution in [2.75, 3.05) is 19.6 Å². The summed E-state index contributed by atoms with van der Waals surface area (Å²) < 4.78 is 0. The van der Waals surface area contributed by atoms with Crippen molar-refractivity contribution in [3.63, 3.8) is 0 Å². The summed E-state index contributed by atoms with van der Waals surface area (Å²) >= 11 is 0. The first-order valence-electron chi connectivity index (χ1n) is 7.92. The van der Waals surface area contributed by atoms with Crippen molar-refractivity contribution >= 4 is 17.7 Å². The number of amides is 3. The van der Waals surface area contributed by atoms with Crippen molar-refractivity contribution in [2.45, 2.75) is 45.1 Å². The number of piperidine rings is 1. The third-order valence-corrected chi connectivity index (χ3v) is 4.80. The van der Waals surface area contributed by atoms with Gasteiger partial charge in [-0.1, -0.05) is 13.5 Å². The maximum Gasteiger partial charge on any atom is 0.245 e. The van der Waals surface area contributed by atoms with E-state index in [0.29, 0.717) is 19.4 Å². The van der Waals surface area contributed by atoms with Gasteiger partial charge in [0.2, 0.25) is 17.7 Å². The average molecular weight is 307 g/mol. The lowest BCUT2D eigenvalue weighted by molar-refractivity contribution is -0.128. The number of carbonyl (C=O) groups is 3. The normalized spacial score (nSPS) is 23.8. The van der Waals surface area contributed by atoms with Crippen molar-refractivity contribution in [2.24, 2.45) is 5.41 Å². The minimum absolute atomic E-state index is 0.00710. The molecule has 0 aromatic heterocycles. The fourth-order valence-electron chi connectivity index (χ4n) is 3.07. The predicted octanol–water partition coefficient (Wildman–Crippen LogP) is 0.586. The summed E-state index contributed by atoms with van der Waals surface area (Å²) in [4.78, 5) is 36.4. The van der Waals surface area contributed by atoms with E-state index >= 15 is 0 Å². The van der Waals surface area contributed by atoms with Crippen LogP contribution >= 0.6 is 0 Å². The zero-order valence-corrected chi connectivity index (χ0v) is 13.2. The molecule has 0 aliphatic carbocycles. The summed E-state index contributed by atoms with van der Waals surface area (Å²) in [6.45, 7) is 7.81. The number of hydrogen-bond donors (Lipinski definition) is 2. The van der Waals surface area contributed by atoms with E-state index in [1.807, 2.05) is 4.90 Å². The van der Waals surface area contributed by atoms with Crippen LogP contribution in [0.5, 0.6) is 0 Å². The molecule has 6 nitrogen and oxygen atoms in total. The van der Waals surface area contributed by atoms with Crippen molar-refractivity contribution in [1.82, 2.24) is 15.5 Å². The number of carbonyl (C=O) groups excluding carboxylic acids is 3. The molecule has 2 rings (SSSR count). The van der Waals surface area contributed by atoms with Crippen molar-refractivity contribution in [3.05, 3.63) is 12.7 Å². The van der Waals surface area contributed by atoms with Gasteiger partial charge in [0.1, 0.15) is 6.04 Å². The van der Waals surface area contributed by atoms with E-state index in [-0.39, 0.29) is 29.2 Å². The molecule has 6 heteroatoms. The number of nitrogens with one attached hydrogen (secondary N) is 2. The molecule has 22 heavy (non-hydrogen) atoms. The van der Waals surface area contributed by atoms with Crippen LogP contribution in [-0.4, -0.2) is 48.3 Å². The van der Waals surface area contributed by atoms with E-state index in [9.17, 15) is 14.4 Å². The Morgan fingerprint density at radius 1 is 1.45 bits per heavy atom. The third kappa shape index (κ3) is 4.08. The molecule has 2 fully saturated rings. The highest BCUT2D eigenvalue weighted by Gasteiger charge is 2.32. The van der Waals surface area contributed by atoms with Gasteiger partial charge in [0.05, 0.1) is 0 Å². The molecular formula is C16H25N3O3. The molecule has 3 amide bonds. The molecule has 2 aliphatic rings. The maximum atomic E-state index is 11.9. The number of likely N-dealkylation sites (tertiary alicyclic amines) is 1. The minimum Gasteiger partial charge on any atom is -0.354 e. The second kappa shape index (κ2) is 6.94. The largest absolute Gasteiger partial charge is 0.354 e. The van der Waals surface area contributed by atoms with Crippen molar-refractivity contribution in [3.8, 4) is 0 Å². The quantitative estimate of drug-likeness (QED) is 0.730. The third-order valence-electron chi connectivity index (χ3n) is 4.80. The van der Waals surface area contributed by atoms with E-state index in [4.69, 9.17) is 0 Å². The fourth-order valence-corrected chi connectivity index (χ4v) is 3.07. The van der Waals surface area contributed by atoms with E-state index in [1.165, 1.54) is 6.08 Å². The standard InChI is InChI=1S/C16H25N3O3/c1-3-14(21)19-10-7-16(2,8-11-19)6-9-17-15(22)12-4-5-13(20)18-12/h3,12H,1,4-11H2,2H3,(H,17,22)(H,18,20)/t12-/m1/s1. The first kappa shape index (κ1) is 16.5. The van der Waals surface area contributed by atoms with Gasteiger partial charge in [0, 0.05) is 26.1 Å². The number of rotatable bonds is 5. The molecule has 0 spiro atoms. The number of hydrogen-bond acceptors (Lipinski definition) is 3. The molecule has 0 radical (unpaired) electrons. The first-order valence-corrected chi connectivity index (χ1v) is 7.92. The van der Waals surface area contributed by atoms with Crippen LogP contribution < -0.4 is 10.6 Å². The van der Waals surface area contributed by atoms with Gasteiger partial charge in [-0.15, -0.1) is 0 Å². The average Bonchev–Trinajstić information content (AvgIpc) is 2.94. The molecule has 1 atom stereocenters. The highest BCUT2D eigenvalue weighted by Crippen LogP contribution is 2.34. The molecule has 0 aromatic rings. The first-order chi connectivity index (χ1) is 10.4. The van der Waals surface area contributed by atoms with Gasteiger partial charge in [-0.25, -0.2) is 0 Å². The molecule has 0 aromatic carbocycles. The van der Waals surface area contributed by atoms with Crippen LogP contribution in [0.3, 0.4) is 0 Å². The number of nitrogens with zero attached hydrogens (tertiary/aromatic N) is 1. The molecular weight excluding hydrogens is 282 g/mol. The molecule has 0 bridgehead atoms. The van der Waals surface area contributed by atoms with Crippen LogP contribution in [-0.2, 0) is 14.4 Å². The van der Waals surface area contributed by atoms with Crippen LogP contribution in [0.25, 0.3) is 0 Å². The molecule has 2 N–H and O–H groups in total. The van der Waals surface area contributed by atoms with E-state index in [0.717, 1.165) is 32.4 Å². The van der Waals surface area contributed by atoms with Gasteiger partial charge in [-0.05, 0) is 37.2 Å². The zero-order chi connectivity index (χ0) is 16.2. The monoisotopic (exact) mass is 307 g/mol. The van der Waals surface area contributed by atoms with Crippen LogP contribution in [0.4, 0.5) is 0 Å². The van der Waals surface area contributed by atoms with E-state index < -0.39 is 0 Å². The van der Waals surface area contributed by atoms with Crippen molar-refractivity contribution in [1.29, 1.82) is 0 Å². The van der Waals surface area contributed by atoms with Crippen molar-refractivity contribution < 1.29 is 14.4 Å². The Kier molecular flexibility index (Phi) is 5.21. The Morgan fingerprint density at radius 3 is 2.68 bits per heavy atom. The fraction of sp³-hybridized carbons (Fsp3) is 0.688. The Balaban J connectivity index is 1.70. The highest BCUT2D eigenvalue weighted by atomic mass is 16.2. The summed E-state index contributed by atoms with van der Waals surface area (Å²) in [6.07, 6.45) is 5.13. The van der Waals surface area contributed by atoms with Gasteiger partial charge in [0.25, 0.3) is 0 Å². The summed E-state index contributed by atoms with van der Waals surface area (Å²) in [6, 6.07) is -0.368. The van der Waals surface area contributed by atoms with Gasteiger partial charge in [-0.3, -0.25) is 14.4 Å². The van der Waals surface area contributed by atoms with Gasteiger partial charge in [0.15, 0.2) is 0 Å². The van der Waals surface area contributed by atoms with Gasteiger partial charge >= 0.3 is 0 Å². The van der Waals surface area contributed by atoms with E-state index in [1.54, 1.807) is 0 Å². The van der Waals surface area contributed by atoms with Crippen LogP contribution in [0, 0.1) is 5.41 Å². The Morgan fingerprint density at radius 2 is 2.14 bits per heavy atom. The Hall–Kier alpha value is -1.85. The zero-order valence-electron chi connectivity index (χ0n) is 13.2. The summed E-state index contributed by atoms with van der Waals surface area (Å²) in [5, 5.41) is 5.58. The lowest BCUT2D eigenvalue weighted by Gasteiger charge is -2.39. The Labute approximate surface area is 131 Å². The lowest BCUT2D eigenvalue weighted by Crippen LogP contribution is -2.45. The molecule has 2 heterocycles. The molecule has 0 saturated carbocycles. The lowest BCUT2D eigenvalue weighted by atomic mass is 9.77. The molecule has 122 valence electrons. The molecule has 2 aliphatic heterocycles. The minimum atomic E-state index is -0.368.